The highest BCUT2D eigenvalue weighted by atomic mass is 16.5. The molecule has 0 bridgehead atoms. The van der Waals surface area contributed by atoms with Crippen molar-refractivity contribution in [2.45, 2.75) is 38.3 Å². The zero-order valence-corrected chi connectivity index (χ0v) is 12.4. The Hall–Kier alpha value is -1.88. The van der Waals surface area contributed by atoms with E-state index in [1.54, 1.807) is 7.05 Å². The van der Waals surface area contributed by atoms with Gasteiger partial charge in [-0.1, -0.05) is 18.2 Å². The molecular weight excluding hydrogens is 268 g/mol. The highest BCUT2D eigenvalue weighted by Gasteiger charge is 2.37. The lowest BCUT2D eigenvalue weighted by atomic mass is 9.98. The van der Waals surface area contributed by atoms with Gasteiger partial charge >= 0.3 is 0 Å². The Balaban J connectivity index is 1.85. The van der Waals surface area contributed by atoms with E-state index in [4.69, 9.17) is 4.74 Å². The van der Waals surface area contributed by atoms with E-state index in [2.05, 4.69) is 5.32 Å². The average molecular weight is 288 g/mol. The second-order valence-electron chi connectivity index (χ2n) is 5.75. The first kappa shape index (κ1) is 14.1. The summed E-state index contributed by atoms with van der Waals surface area (Å²) in [7, 11) is 1.54. The zero-order valence-electron chi connectivity index (χ0n) is 12.4. The second kappa shape index (κ2) is 5.48. The topological polar surface area (TPSA) is 58.6 Å². The number of fused-ring (bicyclic) bond motifs is 1. The number of hydrogen-bond acceptors (Lipinski definition) is 4. The zero-order chi connectivity index (χ0) is 15.0. The quantitative estimate of drug-likeness (QED) is 0.839. The fraction of sp³-hybridized carbons (Fsp3) is 0.500. The lowest BCUT2D eigenvalue weighted by Gasteiger charge is -2.22. The van der Waals surface area contributed by atoms with Crippen LogP contribution < -0.4 is 10.1 Å². The van der Waals surface area contributed by atoms with E-state index in [-0.39, 0.29) is 24.3 Å². The molecule has 1 aromatic carbocycles. The maximum atomic E-state index is 12.1. The smallest absolute Gasteiger partial charge is 0.246 e. The predicted octanol–water partition coefficient (Wildman–Crippen LogP) is 1.56. The standard InChI is InChI=1S/C16H20N2O3/c1-10-5-3-6-11-12(7-4-8-21-15(10)11)17-13-9-14(19)18(2)16(13)20/h3,5-6,12-13,17H,4,7-9H2,1-2H3. The summed E-state index contributed by atoms with van der Waals surface area (Å²) in [5, 5.41) is 3.36. The fourth-order valence-electron chi connectivity index (χ4n) is 3.07. The predicted molar refractivity (Wildman–Crippen MR) is 78.0 cm³/mol. The van der Waals surface area contributed by atoms with Crippen LogP contribution in [-0.4, -0.2) is 36.4 Å². The van der Waals surface area contributed by atoms with E-state index < -0.39 is 6.04 Å². The molecule has 112 valence electrons. The number of rotatable bonds is 2. The molecule has 3 rings (SSSR count). The van der Waals surface area contributed by atoms with E-state index >= 15 is 0 Å². The summed E-state index contributed by atoms with van der Waals surface area (Å²) in [5.41, 5.74) is 2.19. The van der Waals surface area contributed by atoms with Crippen molar-refractivity contribution in [3.63, 3.8) is 0 Å². The van der Waals surface area contributed by atoms with Crippen molar-refractivity contribution < 1.29 is 14.3 Å². The molecule has 2 amide bonds. The number of likely N-dealkylation sites (tertiary alicyclic amines) is 1. The van der Waals surface area contributed by atoms with E-state index in [9.17, 15) is 9.59 Å². The van der Waals surface area contributed by atoms with Crippen LogP contribution in [0.4, 0.5) is 0 Å². The first-order valence-electron chi connectivity index (χ1n) is 7.36. The SMILES string of the molecule is Cc1cccc2c1OCCCC2NC1CC(=O)N(C)C1=O. The minimum atomic E-state index is -0.418. The summed E-state index contributed by atoms with van der Waals surface area (Å²) < 4.78 is 5.84. The molecule has 2 aliphatic heterocycles. The number of amides is 2. The summed E-state index contributed by atoms with van der Waals surface area (Å²) in [6.07, 6.45) is 2.07. The molecule has 0 spiro atoms. The molecule has 0 aromatic heterocycles. The molecule has 0 radical (unpaired) electrons. The van der Waals surface area contributed by atoms with Crippen molar-refractivity contribution in [1.82, 2.24) is 10.2 Å². The Kier molecular flexibility index (Phi) is 3.68. The molecule has 2 atom stereocenters. The number of para-hydroxylation sites is 1. The van der Waals surface area contributed by atoms with Gasteiger partial charge in [0.1, 0.15) is 5.75 Å². The van der Waals surface area contributed by atoms with E-state index in [0.29, 0.717) is 6.61 Å². The van der Waals surface area contributed by atoms with Crippen LogP contribution >= 0.6 is 0 Å². The molecule has 0 saturated carbocycles. The molecule has 1 N–H and O–H groups in total. The van der Waals surface area contributed by atoms with Gasteiger partial charge in [-0.3, -0.25) is 19.8 Å². The van der Waals surface area contributed by atoms with E-state index in [1.807, 2.05) is 25.1 Å². The number of benzene rings is 1. The number of imide groups is 1. The van der Waals surface area contributed by atoms with E-state index in [1.165, 1.54) is 4.90 Å². The van der Waals surface area contributed by atoms with Gasteiger partial charge in [-0.25, -0.2) is 0 Å². The average Bonchev–Trinajstić information content (AvgIpc) is 2.66. The van der Waals surface area contributed by atoms with Crippen LogP contribution in [0.2, 0.25) is 0 Å². The van der Waals surface area contributed by atoms with Crippen molar-refractivity contribution in [3.05, 3.63) is 29.3 Å². The number of ether oxygens (including phenoxy) is 1. The Morgan fingerprint density at radius 1 is 1.29 bits per heavy atom. The number of hydrogen-bond donors (Lipinski definition) is 1. The maximum absolute atomic E-state index is 12.1. The minimum Gasteiger partial charge on any atom is -0.493 e. The van der Waals surface area contributed by atoms with Crippen molar-refractivity contribution in [1.29, 1.82) is 0 Å². The first-order chi connectivity index (χ1) is 10.1. The lowest BCUT2D eigenvalue weighted by molar-refractivity contribution is -0.137. The first-order valence-corrected chi connectivity index (χ1v) is 7.36. The number of nitrogens with one attached hydrogen (secondary N) is 1. The minimum absolute atomic E-state index is 0.0515. The van der Waals surface area contributed by atoms with Gasteiger partial charge in [0.25, 0.3) is 0 Å². The molecule has 0 aliphatic carbocycles. The highest BCUT2D eigenvalue weighted by Crippen LogP contribution is 2.34. The summed E-state index contributed by atoms with van der Waals surface area (Å²) >= 11 is 0. The molecule has 5 nitrogen and oxygen atoms in total. The van der Waals surface area contributed by atoms with Crippen LogP contribution in [-0.2, 0) is 9.59 Å². The number of nitrogens with zero attached hydrogens (tertiary/aromatic N) is 1. The Bertz CT molecular complexity index is 585. The molecule has 2 aliphatic rings. The molecule has 1 saturated heterocycles. The molecule has 2 heterocycles. The summed E-state index contributed by atoms with van der Waals surface area (Å²) in [6.45, 7) is 2.71. The summed E-state index contributed by atoms with van der Waals surface area (Å²) in [4.78, 5) is 24.9. The summed E-state index contributed by atoms with van der Waals surface area (Å²) in [6, 6.07) is 5.70. The van der Waals surface area contributed by atoms with Crippen LogP contribution in [0.3, 0.4) is 0 Å². The molecular formula is C16H20N2O3. The Morgan fingerprint density at radius 3 is 2.81 bits per heavy atom. The molecule has 1 aromatic rings. The number of carbonyl (C=O) groups is 2. The van der Waals surface area contributed by atoms with Crippen molar-refractivity contribution in [2.24, 2.45) is 0 Å². The molecule has 21 heavy (non-hydrogen) atoms. The van der Waals surface area contributed by atoms with Crippen molar-refractivity contribution in [2.75, 3.05) is 13.7 Å². The van der Waals surface area contributed by atoms with Crippen molar-refractivity contribution in [3.8, 4) is 5.75 Å². The van der Waals surface area contributed by atoms with Gasteiger partial charge in [0.05, 0.1) is 19.1 Å². The van der Waals surface area contributed by atoms with Crippen molar-refractivity contribution >= 4 is 11.8 Å². The Morgan fingerprint density at radius 2 is 2.10 bits per heavy atom. The number of aryl methyl sites for hydroxylation is 1. The van der Waals surface area contributed by atoms with Gasteiger partial charge in [0.2, 0.25) is 11.8 Å². The third kappa shape index (κ3) is 2.53. The second-order valence-corrected chi connectivity index (χ2v) is 5.75. The van der Waals surface area contributed by atoms with Gasteiger partial charge < -0.3 is 4.74 Å². The van der Waals surface area contributed by atoms with Gasteiger partial charge in [-0.2, -0.15) is 0 Å². The van der Waals surface area contributed by atoms with Gasteiger partial charge in [-0.05, 0) is 25.3 Å². The molecule has 1 fully saturated rings. The van der Waals surface area contributed by atoms with Crippen LogP contribution in [0.25, 0.3) is 0 Å². The monoisotopic (exact) mass is 288 g/mol. The third-order valence-corrected chi connectivity index (χ3v) is 4.29. The number of likely N-dealkylation sites (N-methyl/N-ethyl adjacent to an activating group) is 1. The lowest BCUT2D eigenvalue weighted by Crippen LogP contribution is -2.39. The highest BCUT2D eigenvalue weighted by molar-refractivity contribution is 6.05. The van der Waals surface area contributed by atoms with Crippen LogP contribution in [0.5, 0.6) is 5.75 Å². The van der Waals surface area contributed by atoms with E-state index in [0.717, 1.165) is 29.7 Å². The normalized spacial score (nSPS) is 25.5. The van der Waals surface area contributed by atoms with Gasteiger partial charge in [0.15, 0.2) is 0 Å². The molecule has 5 heteroatoms. The van der Waals surface area contributed by atoms with Crippen LogP contribution in [0, 0.1) is 6.92 Å². The molecule has 2 unspecified atom stereocenters. The van der Waals surface area contributed by atoms with Gasteiger partial charge in [-0.15, -0.1) is 0 Å². The maximum Gasteiger partial charge on any atom is 0.246 e. The summed E-state index contributed by atoms with van der Waals surface area (Å²) in [5.74, 6) is 0.656. The fourth-order valence-corrected chi connectivity index (χ4v) is 3.07. The van der Waals surface area contributed by atoms with Crippen LogP contribution in [0.1, 0.15) is 36.4 Å². The Labute approximate surface area is 124 Å². The van der Waals surface area contributed by atoms with Crippen LogP contribution in [0.15, 0.2) is 18.2 Å². The van der Waals surface area contributed by atoms with Gasteiger partial charge in [0, 0.05) is 18.7 Å². The largest absolute Gasteiger partial charge is 0.493 e. The third-order valence-electron chi connectivity index (χ3n) is 4.29. The number of carbonyl (C=O) groups excluding carboxylic acids is 2.